The quantitative estimate of drug-likeness (QED) is 0.818. The van der Waals surface area contributed by atoms with Crippen LogP contribution in [0.25, 0.3) is 0 Å². The molecule has 132 valence electrons. The third-order valence-corrected chi connectivity index (χ3v) is 4.87. The molecule has 23 heavy (non-hydrogen) atoms. The van der Waals surface area contributed by atoms with E-state index in [0.29, 0.717) is 6.54 Å². The number of benzene rings is 1. The van der Waals surface area contributed by atoms with Gasteiger partial charge in [-0.3, -0.25) is 4.79 Å². The number of amides is 1. The Kier molecular flexibility index (Phi) is 9.59. The molecule has 1 fully saturated rings. The highest BCUT2D eigenvalue weighted by atomic mass is 35.5. The van der Waals surface area contributed by atoms with Crippen LogP contribution in [0.3, 0.4) is 0 Å². The van der Waals surface area contributed by atoms with E-state index in [0.717, 1.165) is 32.4 Å². The van der Waals surface area contributed by atoms with Gasteiger partial charge in [-0.05, 0) is 31.4 Å². The van der Waals surface area contributed by atoms with Crippen molar-refractivity contribution < 1.29 is 4.79 Å². The van der Waals surface area contributed by atoms with Gasteiger partial charge in [0.1, 0.15) is 0 Å². The fraction of sp³-hybridized carbons (Fsp3) is 0.588. The molecule has 1 unspecified atom stereocenters. The van der Waals surface area contributed by atoms with E-state index < -0.39 is 5.41 Å². The number of anilines is 1. The molecule has 0 bridgehead atoms. The first-order valence-electron chi connectivity index (χ1n) is 7.96. The van der Waals surface area contributed by atoms with Crippen molar-refractivity contribution in [2.75, 3.05) is 24.5 Å². The minimum Gasteiger partial charge on any atom is -0.369 e. The molecule has 1 atom stereocenters. The average molecular weight is 362 g/mol. The number of hydrogen-bond donors (Lipinski definition) is 2. The van der Waals surface area contributed by atoms with Crippen LogP contribution >= 0.6 is 24.8 Å². The molecule has 1 amide bonds. The van der Waals surface area contributed by atoms with Gasteiger partial charge in [0.25, 0.3) is 0 Å². The summed E-state index contributed by atoms with van der Waals surface area (Å²) in [6.45, 7) is 6.37. The van der Waals surface area contributed by atoms with Crippen LogP contribution in [-0.4, -0.2) is 31.6 Å². The Morgan fingerprint density at radius 1 is 1.26 bits per heavy atom. The molecular weight excluding hydrogens is 333 g/mol. The molecule has 1 aliphatic rings. The normalized spacial score (nSPS) is 17.2. The molecule has 0 aromatic heterocycles. The van der Waals surface area contributed by atoms with Crippen LogP contribution in [0.4, 0.5) is 5.69 Å². The maximum atomic E-state index is 12.5. The smallest absolute Gasteiger partial charge is 0.227 e. The van der Waals surface area contributed by atoms with Gasteiger partial charge in [-0.2, -0.15) is 0 Å². The second-order valence-electron chi connectivity index (χ2n) is 5.93. The third kappa shape index (κ3) is 5.00. The third-order valence-electron chi connectivity index (χ3n) is 4.87. The topological polar surface area (TPSA) is 58.4 Å². The van der Waals surface area contributed by atoms with Gasteiger partial charge in [0.05, 0.1) is 5.41 Å². The Bertz CT molecular complexity index is 458. The number of para-hydroxylation sites is 1. The van der Waals surface area contributed by atoms with E-state index in [1.807, 2.05) is 19.9 Å². The fourth-order valence-corrected chi connectivity index (χ4v) is 3.04. The van der Waals surface area contributed by atoms with Crippen LogP contribution in [0, 0.1) is 5.41 Å². The van der Waals surface area contributed by atoms with E-state index >= 15 is 0 Å². The summed E-state index contributed by atoms with van der Waals surface area (Å²) in [5.41, 5.74) is 6.68. The molecule has 4 nitrogen and oxygen atoms in total. The molecule has 2 rings (SSSR count). The van der Waals surface area contributed by atoms with Crippen molar-refractivity contribution in [3.05, 3.63) is 30.3 Å². The summed E-state index contributed by atoms with van der Waals surface area (Å²) in [4.78, 5) is 14.9. The zero-order valence-corrected chi connectivity index (χ0v) is 15.6. The highest BCUT2D eigenvalue weighted by Gasteiger charge is 2.35. The van der Waals surface area contributed by atoms with Crippen molar-refractivity contribution in [2.45, 2.75) is 39.2 Å². The van der Waals surface area contributed by atoms with E-state index in [9.17, 15) is 4.79 Å². The summed E-state index contributed by atoms with van der Waals surface area (Å²) in [5, 5.41) is 3.21. The lowest BCUT2D eigenvalue weighted by atomic mass is 9.81. The van der Waals surface area contributed by atoms with Crippen LogP contribution < -0.4 is 16.0 Å². The van der Waals surface area contributed by atoms with Gasteiger partial charge in [-0.15, -0.1) is 24.8 Å². The van der Waals surface area contributed by atoms with Gasteiger partial charge in [0.2, 0.25) is 5.91 Å². The number of rotatable bonds is 6. The summed E-state index contributed by atoms with van der Waals surface area (Å²) >= 11 is 0. The summed E-state index contributed by atoms with van der Waals surface area (Å²) < 4.78 is 0. The van der Waals surface area contributed by atoms with E-state index in [2.05, 4.69) is 34.5 Å². The molecular formula is C17H29Cl2N3O. The molecule has 3 N–H and O–H groups in total. The van der Waals surface area contributed by atoms with E-state index in [-0.39, 0.29) is 36.8 Å². The first-order chi connectivity index (χ1) is 10.1. The number of carbonyl (C=O) groups is 1. The largest absolute Gasteiger partial charge is 0.369 e. The summed E-state index contributed by atoms with van der Waals surface area (Å²) in [6.07, 6.45) is 2.58. The lowest BCUT2D eigenvalue weighted by Crippen LogP contribution is -2.49. The van der Waals surface area contributed by atoms with Gasteiger partial charge in [-0.25, -0.2) is 0 Å². The lowest BCUT2D eigenvalue weighted by molar-refractivity contribution is -0.131. The zero-order chi connectivity index (χ0) is 15.3. The lowest BCUT2D eigenvalue weighted by Gasteiger charge is -2.30. The van der Waals surface area contributed by atoms with Crippen LogP contribution in [0.15, 0.2) is 30.3 Å². The van der Waals surface area contributed by atoms with Crippen LogP contribution in [0.5, 0.6) is 0 Å². The molecule has 1 aromatic rings. The highest BCUT2D eigenvalue weighted by molar-refractivity contribution is 5.85. The number of carbonyl (C=O) groups excluding carboxylic acids is 1. The Morgan fingerprint density at radius 2 is 1.87 bits per heavy atom. The molecule has 6 heteroatoms. The molecule has 0 radical (unpaired) electrons. The van der Waals surface area contributed by atoms with Crippen molar-refractivity contribution in [1.29, 1.82) is 0 Å². The molecule has 0 aliphatic carbocycles. The summed E-state index contributed by atoms with van der Waals surface area (Å²) in [7, 11) is 0. The van der Waals surface area contributed by atoms with Crippen molar-refractivity contribution in [1.82, 2.24) is 5.32 Å². The van der Waals surface area contributed by atoms with Gasteiger partial charge in [-0.1, -0.05) is 32.0 Å². The Morgan fingerprint density at radius 3 is 2.39 bits per heavy atom. The zero-order valence-electron chi connectivity index (χ0n) is 14.0. The van der Waals surface area contributed by atoms with Crippen molar-refractivity contribution >= 4 is 36.4 Å². The van der Waals surface area contributed by atoms with Crippen molar-refractivity contribution in [3.63, 3.8) is 0 Å². The van der Waals surface area contributed by atoms with E-state index in [4.69, 9.17) is 5.73 Å². The Labute approximate surface area is 152 Å². The van der Waals surface area contributed by atoms with Crippen LogP contribution in [0.2, 0.25) is 0 Å². The Balaban J connectivity index is 0.00000242. The van der Waals surface area contributed by atoms with Crippen molar-refractivity contribution in [3.8, 4) is 0 Å². The summed E-state index contributed by atoms with van der Waals surface area (Å²) in [5.74, 6) is 0.120. The monoisotopic (exact) mass is 361 g/mol. The number of nitrogens with zero attached hydrogens (tertiary/aromatic N) is 1. The van der Waals surface area contributed by atoms with Crippen molar-refractivity contribution in [2.24, 2.45) is 11.1 Å². The standard InChI is InChI=1S/C17H27N3O.2ClH/c1-3-17(4-2,13-18)16(21)19-14-10-11-20(12-14)15-8-6-5-7-9-15;;/h5-9,14H,3-4,10-13,18H2,1-2H3,(H,19,21);2*1H. The van der Waals surface area contributed by atoms with Crippen LogP contribution in [0.1, 0.15) is 33.1 Å². The van der Waals surface area contributed by atoms with Crippen LogP contribution in [-0.2, 0) is 4.79 Å². The molecule has 1 saturated heterocycles. The van der Waals surface area contributed by atoms with Gasteiger partial charge in [0.15, 0.2) is 0 Å². The van der Waals surface area contributed by atoms with E-state index in [1.165, 1.54) is 5.69 Å². The molecule has 1 aliphatic heterocycles. The SMILES string of the molecule is CCC(CC)(CN)C(=O)NC1CCN(c2ccccc2)C1.Cl.Cl. The number of hydrogen-bond acceptors (Lipinski definition) is 3. The number of halogens is 2. The first-order valence-corrected chi connectivity index (χ1v) is 7.96. The first kappa shape index (κ1) is 22.0. The number of nitrogens with two attached hydrogens (primary N) is 1. The molecule has 0 saturated carbocycles. The molecule has 1 heterocycles. The van der Waals surface area contributed by atoms with Gasteiger partial charge in [0, 0.05) is 31.4 Å². The molecule has 0 spiro atoms. The predicted molar refractivity (Wildman–Crippen MR) is 102 cm³/mol. The van der Waals surface area contributed by atoms with Gasteiger partial charge >= 0.3 is 0 Å². The fourth-order valence-electron chi connectivity index (χ4n) is 3.04. The second kappa shape index (κ2) is 10.0. The maximum absolute atomic E-state index is 12.5. The summed E-state index contributed by atoms with van der Waals surface area (Å²) in [6, 6.07) is 10.6. The minimum atomic E-state index is -0.403. The second-order valence-corrected chi connectivity index (χ2v) is 5.93. The Hall–Kier alpha value is -0.970. The van der Waals surface area contributed by atoms with E-state index in [1.54, 1.807) is 0 Å². The maximum Gasteiger partial charge on any atom is 0.227 e. The highest BCUT2D eigenvalue weighted by Crippen LogP contribution is 2.26. The average Bonchev–Trinajstić information content (AvgIpc) is 2.99. The predicted octanol–water partition coefficient (Wildman–Crippen LogP) is 2.99. The minimum absolute atomic E-state index is 0. The molecule has 1 aromatic carbocycles. The number of nitrogens with one attached hydrogen (secondary N) is 1. The van der Waals surface area contributed by atoms with Gasteiger partial charge < -0.3 is 16.0 Å².